The van der Waals surface area contributed by atoms with Crippen molar-refractivity contribution in [2.75, 3.05) is 20.8 Å². The quantitative estimate of drug-likeness (QED) is 0.888. The molecule has 0 radical (unpaired) electrons. The van der Waals surface area contributed by atoms with Crippen molar-refractivity contribution in [1.29, 1.82) is 0 Å². The number of carbonyl (C=O) groups is 1. The first-order chi connectivity index (χ1) is 10.7. The van der Waals surface area contributed by atoms with Gasteiger partial charge in [0.05, 0.1) is 19.8 Å². The van der Waals surface area contributed by atoms with Crippen LogP contribution in [-0.4, -0.2) is 26.7 Å². The van der Waals surface area contributed by atoms with Gasteiger partial charge in [0, 0.05) is 11.6 Å². The summed E-state index contributed by atoms with van der Waals surface area (Å²) < 4.78 is 10.5. The van der Waals surface area contributed by atoms with E-state index < -0.39 is 0 Å². The molecule has 2 aromatic carbocycles. The topological polar surface area (TPSA) is 47.6 Å². The Labute approximate surface area is 135 Å². The molecule has 0 spiro atoms. The molecular weight excluding hydrogens is 302 g/mol. The molecule has 0 fully saturated rings. The lowest BCUT2D eigenvalue weighted by atomic mass is 10.1. The Balaban J connectivity index is 2.00. The molecule has 0 aliphatic rings. The van der Waals surface area contributed by atoms with E-state index in [-0.39, 0.29) is 5.91 Å². The molecule has 2 aromatic rings. The molecule has 1 N–H and O–H groups in total. The van der Waals surface area contributed by atoms with Crippen LogP contribution in [0.25, 0.3) is 0 Å². The van der Waals surface area contributed by atoms with E-state index in [0.29, 0.717) is 29.3 Å². The SMILES string of the molecule is COc1ccccc1CCNC(=O)c1cc(Cl)ccc1OC. The van der Waals surface area contributed by atoms with Gasteiger partial charge in [-0.2, -0.15) is 0 Å². The predicted molar refractivity (Wildman–Crippen MR) is 87.0 cm³/mol. The first-order valence-electron chi connectivity index (χ1n) is 6.89. The minimum absolute atomic E-state index is 0.214. The number of amides is 1. The van der Waals surface area contributed by atoms with Crippen molar-refractivity contribution in [2.45, 2.75) is 6.42 Å². The molecule has 1 amide bonds. The van der Waals surface area contributed by atoms with Crippen molar-refractivity contribution in [3.63, 3.8) is 0 Å². The molecule has 0 heterocycles. The van der Waals surface area contributed by atoms with Gasteiger partial charge in [-0.25, -0.2) is 0 Å². The summed E-state index contributed by atoms with van der Waals surface area (Å²) in [6, 6.07) is 12.7. The molecule has 0 bridgehead atoms. The zero-order valence-corrected chi connectivity index (χ0v) is 13.3. The molecule has 0 aliphatic carbocycles. The highest BCUT2D eigenvalue weighted by atomic mass is 35.5. The molecule has 22 heavy (non-hydrogen) atoms. The maximum absolute atomic E-state index is 12.2. The average Bonchev–Trinajstić information content (AvgIpc) is 2.55. The van der Waals surface area contributed by atoms with Crippen LogP contribution in [0.5, 0.6) is 11.5 Å². The summed E-state index contributed by atoms with van der Waals surface area (Å²) in [7, 11) is 3.16. The Morgan fingerprint density at radius 2 is 1.82 bits per heavy atom. The van der Waals surface area contributed by atoms with Crippen molar-refractivity contribution >= 4 is 17.5 Å². The van der Waals surface area contributed by atoms with Crippen LogP contribution < -0.4 is 14.8 Å². The number of nitrogens with one attached hydrogen (secondary N) is 1. The van der Waals surface area contributed by atoms with Gasteiger partial charge in [0.1, 0.15) is 11.5 Å². The molecule has 0 saturated carbocycles. The highest BCUT2D eigenvalue weighted by Gasteiger charge is 2.12. The van der Waals surface area contributed by atoms with E-state index in [1.165, 1.54) is 7.11 Å². The van der Waals surface area contributed by atoms with E-state index in [9.17, 15) is 4.79 Å². The van der Waals surface area contributed by atoms with Gasteiger partial charge in [-0.3, -0.25) is 4.79 Å². The largest absolute Gasteiger partial charge is 0.496 e. The van der Waals surface area contributed by atoms with E-state index in [4.69, 9.17) is 21.1 Å². The van der Waals surface area contributed by atoms with Crippen molar-refractivity contribution < 1.29 is 14.3 Å². The molecule has 0 saturated heterocycles. The summed E-state index contributed by atoms with van der Waals surface area (Å²) in [4.78, 5) is 12.2. The van der Waals surface area contributed by atoms with Crippen LogP contribution in [0.15, 0.2) is 42.5 Å². The van der Waals surface area contributed by atoms with Crippen LogP contribution in [0.3, 0.4) is 0 Å². The number of carbonyl (C=O) groups excluding carboxylic acids is 1. The number of para-hydroxylation sites is 1. The monoisotopic (exact) mass is 319 g/mol. The summed E-state index contributed by atoms with van der Waals surface area (Å²) in [5, 5.41) is 3.36. The standard InChI is InChI=1S/C17H18ClNO3/c1-21-15-6-4-3-5-12(15)9-10-19-17(20)14-11-13(18)7-8-16(14)22-2/h3-8,11H,9-10H2,1-2H3,(H,19,20). The Bertz CT molecular complexity index is 658. The number of rotatable bonds is 6. The van der Waals surface area contributed by atoms with Gasteiger partial charge in [0.15, 0.2) is 0 Å². The Kier molecular flexibility index (Phi) is 5.67. The molecule has 0 unspecified atom stereocenters. The Morgan fingerprint density at radius 3 is 2.55 bits per heavy atom. The van der Waals surface area contributed by atoms with Crippen LogP contribution in [-0.2, 0) is 6.42 Å². The highest BCUT2D eigenvalue weighted by Crippen LogP contribution is 2.22. The maximum atomic E-state index is 12.2. The van der Waals surface area contributed by atoms with Crippen LogP contribution in [0.2, 0.25) is 5.02 Å². The lowest BCUT2D eigenvalue weighted by molar-refractivity contribution is 0.0951. The zero-order chi connectivity index (χ0) is 15.9. The summed E-state index contributed by atoms with van der Waals surface area (Å²) in [5.41, 5.74) is 1.47. The lowest BCUT2D eigenvalue weighted by Gasteiger charge is -2.11. The second-order valence-electron chi connectivity index (χ2n) is 4.66. The summed E-state index contributed by atoms with van der Waals surface area (Å²) in [5.74, 6) is 1.10. The van der Waals surface area contributed by atoms with Crippen molar-refractivity contribution in [2.24, 2.45) is 0 Å². The number of hydrogen-bond donors (Lipinski definition) is 1. The van der Waals surface area contributed by atoms with Gasteiger partial charge in [0.2, 0.25) is 0 Å². The molecule has 0 aromatic heterocycles. The molecular formula is C17H18ClNO3. The Hall–Kier alpha value is -2.20. The van der Waals surface area contributed by atoms with E-state index in [2.05, 4.69) is 5.32 Å². The Morgan fingerprint density at radius 1 is 1.09 bits per heavy atom. The molecule has 4 nitrogen and oxygen atoms in total. The van der Waals surface area contributed by atoms with Crippen molar-refractivity contribution in [3.05, 3.63) is 58.6 Å². The van der Waals surface area contributed by atoms with Crippen molar-refractivity contribution in [3.8, 4) is 11.5 Å². The predicted octanol–water partition coefficient (Wildman–Crippen LogP) is 3.33. The first-order valence-corrected chi connectivity index (χ1v) is 7.27. The first kappa shape index (κ1) is 16.2. The number of benzene rings is 2. The molecule has 5 heteroatoms. The third-order valence-electron chi connectivity index (χ3n) is 3.28. The number of hydrogen-bond acceptors (Lipinski definition) is 3. The van der Waals surface area contributed by atoms with E-state index in [0.717, 1.165) is 11.3 Å². The van der Waals surface area contributed by atoms with Crippen LogP contribution in [0, 0.1) is 0 Å². The minimum Gasteiger partial charge on any atom is -0.496 e. The summed E-state index contributed by atoms with van der Waals surface area (Å²) in [6.45, 7) is 0.495. The highest BCUT2D eigenvalue weighted by molar-refractivity contribution is 6.31. The normalized spacial score (nSPS) is 10.1. The minimum atomic E-state index is -0.214. The lowest BCUT2D eigenvalue weighted by Crippen LogP contribution is -2.26. The fourth-order valence-electron chi connectivity index (χ4n) is 2.17. The van der Waals surface area contributed by atoms with Gasteiger partial charge in [-0.15, -0.1) is 0 Å². The third-order valence-corrected chi connectivity index (χ3v) is 3.51. The van der Waals surface area contributed by atoms with Crippen LogP contribution >= 0.6 is 11.6 Å². The summed E-state index contributed by atoms with van der Waals surface area (Å²) in [6.07, 6.45) is 0.679. The fourth-order valence-corrected chi connectivity index (χ4v) is 2.35. The van der Waals surface area contributed by atoms with Gasteiger partial charge in [-0.1, -0.05) is 29.8 Å². The van der Waals surface area contributed by atoms with Crippen LogP contribution in [0.1, 0.15) is 15.9 Å². The molecule has 116 valence electrons. The van der Waals surface area contributed by atoms with Gasteiger partial charge in [-0.05, 0) is 36.2 Å². The molecule has 0 aliphatic heterocycles. The van der Waals surface area contributed by atoms with Gasteiger partial charge >= 0.3 is 0 Å². The second-order valence-corrected chi connectivity index (χ2v) is 5.10. The molecule has 2 rings (SSSR count). The average molecular weight is 320 g/mol. The second kappa shape index (κ2) is 7.71. The van der Waals surface area contributed by atoms with E-state index >= 15 is 0 Å². The maximum Gasteiger partial charge on any atom is 0.255 e. The molecule has 0 atom stereocenters. The third kappa shape index (κ3) is 3.92. The van der Waals surface area contributed by atoms with Gasteiger partial charge in [0.25, 0.3) is 5.91 Å². The van der Waals surface area contributed by atoms with Crippen LogP contribution in [0.4, 0.5) is 0 Å². The van der Waals surface area contributed by atoms with Gasteiger partial charge < -0.3 is 14.8 Å². The van der Waals surface area contributed by atoms with E-state index in [1.54, 1.807) is 25.3 Å². The summed E-state index contributed by atoms with van der Waals surface area (Å²) >= 11 is 5.94. The number of methoxy groups -OCH3 is 2. The zero-order valence-electron chi connectivity index (χ0n) is 12.6. The fraction of sp³-hybridized carbons (Fsp3) is 0.235. The smallest absolute Gasteiger partial charge is 0.255 e. The van der Waals surface area contributed by atoms with E-state index in [1.807, 2.05) is 24.3 Å². The van der Waals surface area contributed by atoms with Crippen molar-refractivity contribution in [1.82, 2.24) is 5.32 Å². The number of ether oxygens (including phenoxy) is 2. The number of halogens is 1.